The molecule has 144 valence electrons. The van der Waals surface area contributed by atoms with Gasteiger partial charge in [-0.2, -0.15) is 0 Å². The summed E-state index contributed by atoms with van der Waals surface area (Å²) in [4.78, 5) is 24.8. The summed E-state index contributed by atoms with van der Waals surface area (Å²) < 4.78 is 6.46. The number of benzene rings is 2. The third kappa shape index (κ3) is 6.40. The molecule has 0 saturated carbocycles. The molecule has 0 radical (unpaired) electrons. The van der Waals surface area contributed by atoms with Gasteiger partial charge in [0.05, 0.1) is 12.2 Å². The molecule has 0 aliphatic heterocycles. The first kappa shape index (κ1) is 21.0. The largest absolute Gasteiger partial charge is 0.493 e. The molecule has 2 aromatic rings. The summed E-state index contributed by atoms with van der Waals surface area (Å²) in [5, 5.41) is 5.75. The molecular weight excluding hydrogens is 408 g/mol. The van der Waals surface area contributed by atoms with E-state index in [-0.39, 0.29) is 17.4 Å². The Labute approximate surface area is 168 Å². The predicted molar refractivity (Wildman–Crippen MR) is 112 cm³/mol. The van der Waals surface area contributed by atoms with Gasteiger partial charge in [-0.25, -0.2) is 0 Å². The number of carbonyl (C=O) groups excluding carboxylic acids is 2. The van der Waals surface area contributed by atoms with Gasteiger partial charge in [-0.1, -0.05) is 22.9 Å². The topological polar surface area (TPSA) is 67.4 Å². The predicted octanol–water partition coefficient (Wildman–Crippen LogP) is 5.02. The molecule has 0 atom stereocenters. The summed E-state index contributed by atoms with van der Waals surface area (Å²) >= 11 is 3.39. The molecule has 2 amide bonds. The molecule has 27 heavy (non-hydrogen) atoms. The van der Waals surface area contributed by atoms with Gasteiger partial charge in [-0.15, -0.1) is 0 Å². The Bertz CT molecular complexity index is 811. The Balaban J connectivity index is 2.12. The van der Waals surface area contributed by atoms with E-state index in [4.69, 9.17) is 4.74 Å². The van der Waals surface area contributed by atoms with Crippen molar-refractivity contribution in [1.82, 2.24) is 5.32 Å². The second kappa shape index (κ2) is 9.04. The van der Waals surface area contributed by atoms with Crippen LogP contribution in [0.25, 0.3) is 0 Å². The molecule has 2 N–H and O–H groups in total. The van der Waals surface area contributed by atoms with Gasteiger partial charge in [-0.3, -0.25) is 9.59 Å². The summed E-state index contributed by atoms with van der Waals surface area (Å²) in [7, 11) is 0. The molecule has 2 aromatic carbocycles. The van der Waals surface area contributed by atoms with Crippen molar-refractivity contribution in [1.29, 1.82) is 0 Å². The highest BCUT2D eigenvalue weighted by molar-refractivity contribution is 9.10. The van der Waals surface area contributed by atoms with E-state index in [9.17, 15) is 9.59 Å². The summed E-state index contributed by atoms with van der Waals surface area (Å²) in [5.41, 5.74) is 1.29. The summed E-state index contributed by atoms with van der Waals surface area (Å²) in [6.45, 7) is 8.33. The third-order valence-electron chi connectivity index (χ3n) is 3.54. The molecular formula is C21H25BrN2O3. The van der Waals surface area contributed by atoms with Crippen LogP contribution in [0.4, 0.5) is 5.69 Å². The summed E-state index contributed by atoms with van der Waals surface area (Å²) in [6.07, 6.45) is 0.856. The maximum absolute atomic E-state index is 12.7. The number of ether oxygens (including phenoxy) is 1. The molecule has 6 heteroatoms. The van der Waals surface area contributed by atoms with Crippen molar-refractivity contribution in [2.45, 2.75) is 39.7 Å². The van der Waals surface area contributed by atoms with Crippen LogP contribution in [0, 0.1) is 0 Å². The fraction of sp³-hybridized carbons (Fsp3) is 0.333. The highest BCUT2D eigenvalue weighted by atomic mass is 79.9. The molecule has 0 bridgehead atoms. The number of hydrogen-bond acceptors (Lipinski definition) is 3. The van der Waals surface area contributed by atoms with Gasteiger partial charge in [-0.05, 0) is 69.7 Å². The van der Waals surface area contributed by atoms with E-state index in [2.05, 4.69) is 26.6 Å². The van der Waals surface area contributed by atoms with E-state index >= 15 is 0 Å². The van der Waals surface area contributed by atoms with E-state index in [1.807, 2.05) is 33.8 Å². The molecule has 0 spiro atoms. The Morgan fingerprint density at radius 2 is 1.70 bits per heavy atom. The summed E-state index contributed by atoms with van der Waals surface area (Å²) in [5.74, 6) is 0.121. The van der Waals surface area contributed by atoms with Crippen molar-refractivity contribution in [2.75, 3.05) is 11.9 Å². The van der Waals surface area contributed by atoms with Crippen molar-refractivity contribution in [3.8, 4) is 5.75 Å². The van der Waals surface area contributed by atoms with Crippen LogP contribution in [0.15, 0.2) is 46.9 Å². The van der Waals surface area contributed by atoms with Crippen LogP contribution in [-0.2, 0) is 0 Å². The first-order valence-corrected chi connectivity index (χ1v) is 9.65. The van der Waals surface area contributed by atoms with E-state index in [0.717, 1.165) is 10.9 Å². The van der Waals surface area contributed by atoms with Gasteiger partial charge in [0.15, 0.2) is 0 Å². The number of carbonyl (C=O) groups is 2. The standard InChI is InChI=1S/C21H25BrN2O3/c1-5-12-27-18-11-8-15(22)13-17(18)20(26)23-16-9-6-14(7-10-16)19(25)24-21(2,3)4/h6-11,13H,5,12H2,1-4H3,(H,23,26)(H,24,25). The Kier molecular flexibility index (Phi) is 7.02. The van der Waals surface area contributed by atoms with Gasteiger partial charge in [0.25, 0.3) is 11.8 Å². The minimum atomic E-state index is -0.306. The molecule has 0 unspecified atom stereocenters. The van der Waals surface area contributed by atoms with Crippen molar-refractivity contribution >= 4 is 33.4 Å². The number of nitrogens with one attached hydrogen (secondary N) is 2. The molecule has 0 aliphatic carbocycles. The summed E-state index contributed by atoms with van der Waals surface area (Å²) in [6, 6.07) is 12.1. The first-order chi connectivity index (χ1) is 12.7. The lowest BCUT2D eigenvalue weighted by atomic mass is 10.1. The third-order valence-corrected chi connectivity index (χ3v) is 4.03. The number of halogens is 1. The number of rotatable bonds is 6. The van der Waals surface area contributed by atoms with E-state index in [1.54, 1.807) is 36.4 Å². The Morgan fingerprint density at radius 3 is 2.30 bits per heavy atom. The fourth-order valence-corrected chi connectivity index (χ4v) is 2.69. The van der Waals surface area contributed by atoms with Crippen LogP contribution >= 0.6 is 15.9 Å². The second-order valence-corrected chi connectivity index (χ2v) is 8.14. The minimum absolute atomic E-state index is 0.150. The van der Waals surface area contributed by atoms with Crippen LogP contribution in [0.2, 0.25) is 0 Å². The zero-order valence-corrected chi connectivity index (χ0v) is 17.6. The lowest BCUT2D eigenvalue weighted by molar-refractivity contribution is 0.0919. The normalized spacial score (nSPS) is 11.0. The van der Waals surface area contributed by atoms with Crippen LogP contribution in [0.5, 0.6) is 5.75 Å². The van der Waals surface area contributed by atoms with Crippen LogP contribution < -0.4 is 15.4 Å². The zero-order valence-electron chi connectivity index (χ0n) is 16.1. The zero-order chi connectivity index (χ0) is 20.0. The SMILES string of the molecule is CCCOc1ccc(Br)cc1C(=O)Nc1ccc(C(=O)NC(C)(C)C)cc1. The molecule has 0 aliphatic rings. The lowest BCUT2D eigenvalue weighted by Gasteiger charge is -2.20. The highest BCUT2D eigenvalue weighted by Gasteiger charge is 2.16. The van der Waals surface area contributed by atoms with Gasteiger partial charge in [0.1, 0.15) is 5.75 Å². The molecule has 0 fully saturated rings. The fourth-order valence-electron chi connectivity index (χ4n) is 2.33. The Morgan fingerprint density at radius 1 is 1.04 bits per heavy atom. The minimum Gasteiger partial charge on any atom is -0.493 e. The molecule has 5 nitrogen and oxygen atoms in total. The van der Waals surface area contributed by atoms with Gasteiger partial charge < -0.3 is 15.4 Å². The average molecular weight is 433 g/mol. The number of hydrogen-bond donors (Lipinski definition) is 2. The highest BCUT2D eigenvalue weighted by Crippen LogP contribution is 2.25. The average Bonchev–Trinajstić information content (AvgIpc) is 2.59. The van der Waals surface area contributed by atoms with Crippen molar-refractivity contribution in [3.05, 3.63) is 58.1 Å². The maximum atomic E-state index is 12.7. The quantitative estimate of drug-likeness (QED) is 0.673. The molecule has 2 rings (SSSR count). The van der Waals surface area contributed by atoms with Crippen molar-refractivity contribution in [3.63, 3.8) is 0 Å². The van der Waals surface area contributed by atoms with Gasteiger partial charge in [0, 0.05) is 21.3 Å². The van der Waals surface area contributed by atoms with Crippen LogP contribution in [0.3, 0.4) is 0 Å². The van der Waals surface area contributed by atoms with Gasteiger partial charge >= 0.3 is 0 Å². The van der Waals surface area contributed by atoms with E-state index in [1.165, 1.54) is 0 Å². The molecule has 0 heterocycles. The maximum Gasteiger partial charge on any atom is 0.259 e. The van der Waals surface area contributed by atoms with E-state index < -0.39 is 0 Å². The van der Waals surface area contributed by atoms with Crippen molar-refractivity contribution in [2.24, 2.45) is 0 Å². The number of amides is 2. The smallest absolute Gasteiger partial charge is 0.259 e. The first-order valence-electron chi connectivity index (χ1n) is 8.86. The monoisotopic (exact) mass is 432 g/mol. The second-order valence-electron chi connectivity index (χ2n) is 7.22. The van der Waals surface area contributed by atoms with Crippen molar-refractivity contribution < 1.29 is 14.3 Å². The van der Waals surface area contributed by atoms with Gasteiger partial charge in [0.2, 0.25) is 0 Å². The van der Waals surface area contributed by atoms with Crippen LogP contribution in [0.1, 0.15) is 54.8 Å². The molecule has 0 aromatic heterocycles. The Hall–Kier alpha value is -2.34. The molecule has 0 saturated heterocycles. The van der Waals surface area contributed by atoms with Crippen LogP contribution in [-0.4, -0.2) is 24.0 Å². The number of anilines is 1. The lowest BCUT2D eigenvalue weighted by Crippen LogP contribution is -2.40. The van der Waals surface area contributed by atoms with E-state index in [0.29, 0.717) is 29.2 Å².